The lowest BCUT2D eigenvalue weighted by molar-refractivity contribution is 0.103. The van der Waals surface area contributed by atoms with E-state index < -0.39 is 0 Å². The lowest BCUT2D eigenvalue weighted by atomic mass is 9.98. The van der Waals surface area contributed by atoms with Crippen LogP contribution in [-0.4, -0.2) is 11.2 Å². The summed E-state index contributed by atoms with van der Waals surface area (Å²) in [7, 11) is 0. The van der Waals surface area contributed by atoms with E-state index >= 15 is 0 Å². The zero-order valence-corrected chi connectivity index (χ0v) is 6.89. The second kappa shape index (κ2) is 5.72. The first-order valence-electron chi connectivity index (χ1n) is 3.72. The summed E-state index contributed by atoms with van der Waals surface area (Å²) in [6.45, 7) is 8.36. The molecule has 0 saturated heterocycles. The van der Waals surface area contributed by atoms with Crippen LogP contribution in [0.2, 0.25) is 0 Å². The van der Waals surface area contributed by atoms with E-state index in [1.54, 1.807) is 0 Å². The van der Waals surface area contributed by atoms with Gasteiger partial charge in [-0.05, 0) is 18.3 Å². The Bertz CT molecular complexity index is 67.1. The van der Waals surface area contributed by atoms with E-state index in [2.05, 4.69) is 13.8 Å². The van der Waals surface area contributed by atoms with Crippen molar-refractivity contribution in [1.82, 2.24) is 0 Å². The van der Waals surface area contributed by atoms with Crippen molar-refractivity contribution >= 4 is 0 Å². The highest BCUT2D eigenvalue weighted by Crippen LogP contribution is 2.11. The number of aliphatic hydroxyl groups excluding tert-OH is 1. The zero-order valence-electron chi connectivity index (χ0n) is 6.89. The maximum atomic E-state index is 9.30. The van der Waals surface area contributed by atoms with Crippen LogP contribution in [0, 0.1) is 11.8 Å². The fraction of sp³-hybridized carbons (Fsp3) is 1.00. The van der Waals surface area contributed by atoms with Gasteiger partial charge in [-0.2, -0.15) is 0 Å². The quantitative estimate of drug-likeness (QED) is 0.649. The Hall–Kier alpha value is -0.0400. The molecule has 0 bridgehead atoms. The molecule has 0 aromatic heterocycles. The number of rotatable bonds is 3. The summed E-state index contributed by atoms with van der Waals surface area (Å²) >= 11 is 0. The third-order valence-corrected chi connectivity index (χ3v) is 1.48. The molecule has 64 valence electrons. The first-order valence-corrected chi connectivity index (χ1v) is 3.72. The smallest absolute Gasteiger partial charge is 0.0565 e. The fourth-order valence-corrected chi connectivity index (χ4v) is 0.755. The summed E-state index contributed by atoms with van der Waals surface area (Å²) in [5, 5.41) is 9.30. The second-order valence-corrected chi connectivity index (χ2v) is 3.44. The number of hydrogen-bond acceptors (Lipinski definition) is 1. The van der Waals surface area contributed by atoms with Crippen molar-refractivity contribution in [1.29, 1.82) is 0 Å². The standard InChI is InChI=1S/C8H18O.CH4/c1-6(2)5-8(9)7(3)4;/h6-9H,5H2,1-4H3;1H4/t8-;/m1./s1. The molecular weight excluding hydrogens is 124 g/mol. The van der Waals surface area contributed by atoms with Crippen molar-refractivity contribution in [3.8, 4) is 0 Å². The largest absolute Gasteiger partial charge is 0.393 e. The van der Waals surface area contributed by atoms with Crippen molar-refractivity contribution in [2.75, 3.05) is 0 Å². The van der Waals surface area contributed by atoms with E-state index in [0.29, 0.717) is 11.8 Å². The highest BCUT2D eigenvalue weighted by Gasteiger charge is 2.09. The molecule has 0 aromatic rings. The Morgan fingerprint density at radius 3 is 1.60 bits per heavy atom. The molecule has 0 aromatic carbocycles. The first kappa shape index (κ1) is 12.6. The van der Waals surface area contributed by atoms with Gasteiger partial charge in [-0.3, -0.25) is 0 Å². The van der Waals surface area contributed by atoms with Crippen LogP contribution in [-0.2, 0) is 0 Å². The van der Waals surface area contributed by atoms with Crippen molar-refractivity contribution in [3.63, 3.8) is 0 Å². The molecule has 0 heterocycles. The Kier molecular flexibility index (Phi) is 7.22. The molecule has 0 aliphatic carbocycles. The highest BCUT2D eigenvalue weighted by atomic mass is 16.3. The van der Waals surface area contributed by atoms with E-state index in [1.807, 2.05) is 13.8 Å². The highest BCUT2D eigenvalue weighted by molar-refractivity contribution is 4.61. The van der Waals surface area contributed by atoms with Gasteiger partial charge in [0.25, 0.3) is 0 Å². The van der Waals surface area contributed by atoms with Crippen molar-refractivity contribution < 1.29 is 5.11 Å². The Morgan fingerprint density at radius 2 is 1.50 bits per heavy atom. The monoisotopic (exact) mass is 146 g/mol. The zero-order chi connectivity index (χ0) is 7.44. The molecule has 0 unspecified atom stereocenters. The Labute approximate surface area is 65.5 Å². The Balaban J connectivity index is 0. The lowest BCUT2D eigenvalue weighted by Gasteiger charge is -2.15. The first-order chi connectivity index (χ1) is 4.04. The van der Waals surface area contributed by atoms with Crippen molar-refractivity contribution in [2.45, 2.75) is 47.6 Å². The Morgan fingerprint density at radius 1 is 1.10 bits per heavy atom. The van der Waals surface area contributed by atoms with Crippen LogP contribution in [0.3, 0.4) is 0 Å². The second-order valence-electron chi connectivity index (χ2n) is 3.44. The fourth-order valence-electron chi connectivity index (χ4n) is 0.755. The van der Waals surface area contributed by atoms with Crippen LogP contribution in [0.4, 0.5) is 0 Å². The van der Waals surface area contributed by atoms with Gasteiger partial charge >= 0.3 is 0 Å². The van der Waals surface area contributed by atoms with E-state index in [1.165, 1.54) is 0 Å². The van der Waals surface area contributed by atoms with Crippen LogP contribution in [0.5, 0.6) is 0 Å². The van der Waals surface area contributed by atoms with Gasteiger partial charge in [0, 0.05) is 0 Å². The summed E-state index contributed by atoms with van der Waals surface area (Å²) < 4.78 is 0. The average molecular weight is 146 g/mol. The van der Waals surface area contributed by atoms with E-state index in [4.69, 9.17) is 0 Å². The van der Waals surface area contributed by atoms with E-state index in [-0.39, 0.29) is 13.5 Å². The molecule has 0 fully saturated rings. The normalized spacial score (nSPS) is 13.5. The predicted molar refractivity (Wildman–Crippen MR) is 47.0 cm³/mol. The molecular formula is C9H22O. The molecule has 1 nitrogen and oxygen atoms in total. The molecule has 0 spiro atoms. The molecule has 0 saturated carbocycles. The van der Waals surface area contributed by atoms with Crippen LogP contribution < -0.4 is 0 Å². The van der Waals surface area contributed by atoms with Crippen molar-refractivity contribution in [2.24, 2.45) is 11.8 Å². The van der Waals surface area contributed by atoms with Gasteiger partial charge in [-0.15, -0.1) is 0 Å². The van der Waals surface area contributed by atoms with Gasteiger partial charge in [0.15, 0.2) is 0 Å². The SMILES string of the molecule is C.CC(C)C[C@@H](O)C(C)C. The average Bonchev–Trinajstić information content (AvgIpc) is 1.63. The number of hydrogen-bond donors (Lipinski definition) is 1. The maximum absolute atomic E-state index is 9.30. The van der Waals surface area contributed by atoms with E-state index in [9.17, 15) is 5.11 Å². The van der Waals surface area contributed by atoms with Crippen LogP contribution in [0.15, 0.2) is 0 Å². The minimum Gasteiger partial charge on any atom is -0.393 e. The molecule has 0 radical (unpaired) electrons. The number of aliphatic hydroxyl groups is 1. The summed E-state index contributed by atoms with van der Waals surface area (Å²) in [5.41, 5.74) is 0. The molecule has 10 heavy (non-hydrogen) atoms. The van der Waals surface area contributed by atoms with Gasteiger partial charge < -0.3 is 5.11 Å². The third kappa shape index (κ3) is 6.09. The maximum Gasteiger partial charge on any atom is 0.0565 e. The van der Waals surface area contributed by atoms with Crippen LogP contribution in [0.1, 0.15) is 41.5 Å². The molecule has 0 aliphatic rings. The van der Waals surface area contributed by atoms with Crippen molar-refractivity contribution in [3.05, 3.63) is 0 Å². The van der Waals surface area contributed by atoms with E-state index in [0.717, 1.165) is 6.42 Å². The summed E-state index contributed by atoms with van der Waals surface area (Å²) in [5.74, 6) is 1.02. The van der Waals surface area contributed by atoms with Gasteiger partial charge in [0.2, 0.25) is 0 Å². The molecule has 0 amide bonds. The van der Waals surface area contributed by atoms with Crippen LogP contribution in [0.25, 0.3) is 0 Å². The molecule has 0 rings (SSSR count). The third-order valence-electron chi connectivity index (χ3n) is 1.48. The topological polar surface area (TPSA) is 20.2 Å². The lowest BCUT2D eigenvalue weighted by Crippen LogP contribution is -2.16. The summed E-state index contributed by atoms with van der Waals surface area (Å²) in [6.07, 6.45) is 0.822. The minimum absolute atomic E-state index is 0. The molecule has 1 heteroatoms. The molecule has 1 atom stereocenters. The van der Waals surface area contributed by atoms with Gasteiger partial charge in [0.05, 0.1) is 6.10 Å². The molecule has 1 N–H and O–H groups in total. The van der Waals surface area contributed by atoms with Gasteiger partial charge in [0.1, 0.15) is 0 Å². The van der Waals surface area contributed by atoms with Crippen LogP contribution >= 0.6 is 0 Å². The minimum atomic E-state index is -0.106. The molecule has 0 aliphatic heterocycles. The van der Waals surface area contributed by atoms with Gasteiger partial charge in [-0.25, -0.2) is 0 Å². The predicted octanol–water partition coefficient (Wildman–Crippen LogP) is 2.69. The van der Waals surface area contributed by atoms with Gasteiger partial charge in [-0.1, -0.05) is 35.1 Å². The summed E-state index contributed by atoms with van der Waals surface area (Å²) in [4.78, 5) is 0. The summed E-state index contributed by atoms with van der Waals surface area (Å²) in [6, 6.07) is 0.